The van der Waals surface area contributed by atoms with Gasteiger partial charge in [0.1, 0.15) is 0 Å². The van der Waals surface area contributed by atoms with Crippen LogP contribution in [0.5, 0.6) is 0 Å². The number of aliphatic imine (C=N–C) groups is 1. The van der Waals surface area contributed by atoms with Crippen LogP contribution in [0.25, 0.3) is 0 Å². The van der Waals surface area contributed by atoms with Gasteiger partial charge < -0.3 is 4.74 Å². The molecule has 0 fully saturated rings. The number of carbonyl (C=O) groups excluding carboxylic acids is 1. The molecular formula is C7H11NO2S. The van der Waals surface area contributed by atoms with Gasteiger partial charge in [-0.15, -0.1) is 0 Å². The second kappa shape index (κ2) is 6.01. The molecule has 0 spiro atoms. The Balaban J connectivity index is 4.02. The molecule has 0 aliphatic heterocycles. The molecule has 0 N–H and O–H groups in total. The van der Waals surface area contributed by atoms with E-state index in [1.807, 2.05) is 6.92 Å². The van der Waals surface area contributed by atoms with Crippen LogP contribution >= 0.6 is 12.2 Å². The smallest absolute Gasteiger partial charge is 0.331 e. The summed E-state index contributed by atoms with van der Waals surface area (Å²) in [6.07, 6.45) is 0.600. The topological polar surface area (TPSA) is 38.7 Å². The van der Waals surface area contributed by atoms with Gasteiger partial charge in [0.05, 0.1) is 11.8 Å². The van der Waals surface area contributed by atoms with Crippen LogP contribution in [0.2, 0.25) is 0 Å². The summed E-state index contributed by atoms with van der Waals surface area (Å²) in [5.41, 5.74) is 0. The van der Waals surface area contributed by atoms with Crippen LogP contribution in [0, 0.1) is 0 Å². The van der Waals surface area contributed by atoms with Crippen LogP contribution in [0.3, 0.4) is 0 Å². The van der Waals surface area contributed by atoms with Gasteiger partial charge in [0.25, 0.3) is 0 Å². The third-order valence-corrected chi connectivity index (χ3v) is 1.26. The van der Waals surface area contributed by atoms with E-state index < -0.39 is 6.04 Å². The fourth-order valence-electron chi connectivity index (χ4n) is 0.613. The Morgan fingerprint density at radius 2 is 2.36 bits per heavy atom. The number of thiocarbonyl (C=S) groups is 1. The molecule has 4 heteroatoms. The van der Waals surface area contributed by atoms with Crippen LogP contribution in [0.15, 0.2) is 4.99 Å². The number of carbonyl (C=O) groups is 1. The highest BCUT2D eigenvalue weighted by molar-refractivity contribution is 7.78. The van der Waals surface area contributed by atoms with Crippen LogP contribution in [0.4, 0.5) is 0 Å². The number of isothiocyanates is 1. The lowest BCUT2D eigenvalue weighted by atomic mass is 10.2. The van der Waals surface area contributed by atoms with Crippen molar-refractivity contribution in [3.63, 3.8) is 0 Å². The molecule has 11 heavy (non-hydrogen) atoms. The fraction of sp³-hybridized carbons (Fsp3) is 0.714. The van der Waals surface area contributed by atoms with Gasteiger partial charge in [-0.3, -0.25) is 0 Å². The molecule has 0 aliphatic rings. The quantitative estimate of drug-likeness (QED) is 0.367. The molecule has 0 saturated heterocycles. The average molecular weight is 173 g/mol. The Morgan fingerprint density at radius 1 is 1.73 bits per heavy atom. The maximum Gasteiger partial charge on any atom is 0.331 e. The normalized spacial score (nSPS) is 11.5. The first-order chi connectivity index (χ1) is 5.26. The molecule has 0 aromatic rings. The van der Waals surface area contributed by atoms with Crippen molar-refractivity contribution < 1.29 is 9.53 Å². The summed E-state index contributed by atoms with van der Waals surface area (Å²) in [5, 5.41) is 2.17. The van der Waals surface area contributed by atoms with Gasteiger partial charge in [-0.1, -0.05) is 6.92 Å². The predicted molar refractivity (Wildman–Crippen MR) is 45.7 cm³/mol. The zero-order valence-corrected chi connectivity index (χ0v) is 7.48. The first-order valence-electron chi connectivity index (χ1n) is 3.49. The van der Waals surface area contributed by atoms with Crippen molar-refractivity contribution in [2.45, 2.75) is 26.3 Å². The maximum atomic E-state index is 11.0. The minimum Gasteiger partial charge on any atom is -0.464 e. The summed E-state index contributed by atoms with van der Waals surface area (Å²) in [5.74, 6) is -0.327. The number of rotatable bonds is 4. The summed E-state index contributed by atoms with van der Waals surface area (Å²) in [4.78, 5) is 14.6. The van der Waals surface area contributed by atoms with Crippen molar-refractivity contribution in [2.24, 2.45) is 4.99 Å². The first kappa shape index (κ1) is 10.3. The highest BCUT2D eigenvalue weighted by atomic mass is 32.1. The molecule has 1 unspecified atom stereocenters. The van der Waals surface area contributed by atoms with Crippen molar-refractivity contribution >= 4 is 23.3 Å². The van der Waals surface area contributed by atoms with Crippen molar-refractivity contribution in [1.82, 2.24) is 0 Å². The molecular weight excluding hydrogens is 162 g/mol. The summed E-state index contributed by atoms with van der Waals surface area (Å²) < 4.78 is 4.73. The molecule has 0 bridgehead atoms. The van der Waals surface area contributed by atoms with E-state index in [0.717, 1.165) is 0 Å². The Kier molecular flexibility index (Phi) is 5.61. The van der Waals surface area contributed by atoms with E-state index in [1.54, 1.807) is 6.92 Å². The van der Waals surface area contributed by atoms with E-state index in [1.165, 1.54) is 0 Å². The van der Waals surface area contributed by atoms with Gasteiger partial charge >= 0.3 is 5.97 Å². The van der Waals surface area contributed by atoms with Crippen LogP contribution in [-0.2, 0) is 9.53 Å². The number of hydrogen-bond acceptors (Lipinski definition) is 4. The molecule has 1 atom stereocenters. The van der Waals surface area contributed by atoms with E-state index in [4.69, 9.17) is 4.74 Å². The average Bonchev–Trinajstić information content (AvgIpc) is 2.00. The van der Waals surface area contributed by atoms with Gasteiger partial charge in [0.15, 0.2) is 6.04 Å². The second-order valence-electron chi connectivity index (χ2n) is 1.90. The Hall–Kier alpha value is -0.730. The third kappa shape index (κ3) is 3.86. The Bertz CT molecular complexity index is 175. The molecule has 0 radical (unpaired) electrons. The monoisotopic (exact) mass is 173 g/mol. The lowest BCUT2D eigenvalue weighted by molar-refractivity contribution is -0.144. The van der Waals surface area contributed by atoms with Gasteiger partial charge in [-0.2, -0.15) is 0 Å². The zero-order chi connectivity index (χ0) is 8.69. The Labute approximate surface area is 71.5 Å². The molecule has 0 aromatic carbocycles. The van der Waals surface area contributed by atoms with E-state index >= 15 is 0 Å². The molecule has 0 heterocycles. The first-order valence-corrected chi connectivity index (χ1v) is 3.90. The predicted octanol–water partition coefficient (Wildman–Crippen LogP) is 1.43. The number of esters is 1. The third-order valence-electron chi connectivity index (χ3n) is 1.15. The minimum atomic E-state index is -0.465. The van der Waals surface area contributed by atoms with E-state index in [9.17, 15) is 4.79 Å². The molecule has 0 aromatic heterocycles. The zero-order valence-electron chi connectivity index (χ0n) is 6.66. The lowest BCUT2D eigenvalue weighted by Crippen LogP contribution is -2.20. The van der Waals surface area contributed by atoms with Gasteiger partial charge in [-0.25, -0.2) is 9.79 Å². The fourth-order valence-corrected chi connectivity index (χ4v) is 0.740. The molecule has 0 rings (SSSR count). The highest BCUT2D eigenvalue weighted by Gasteiger charge is 2.14. The maximum absolute atomic E-state index is 11.0. The standard InChI is InChI=1S/C7H11NO2S/c1-3-6(8-5-11)7(9)10-4-2/h6H,3-4H2,1-2H3. The van der Waals surface area contributed by atoms with Crippen LogP contribution in [0.1, 0.15) is 20.3 Å². The van der Waals surface area contributed by atoms with E-state index in [0.29, 0.717) is 13.0 Å². The lowest BCUT2D eigenvalue weighted by Gasteiger charge is -2.05. The molecule has 0 amide bonds. The molecule has 3 nitrogen and oxygen atoms in total. The SMILES string of the molecule is CCOC(=O)C(CC)N=C=S. The number of nitrogens with zero attached hydrogens (tertiary/aromatic N) is 1. The molecule has 62 valence electrons. The number of hydrogen-bond donors (Lipinski definition) is 0. The van der Waals surface area contributed by atoms with Crippen molar-refractivity contribution in [3.05, 3.63) is 0 Å². The van der Waals surface area contributed by atoms with Gasteiger partial charge in [0.2, 0.25) is 0 Å². The second-order valence-corrected chi connectivity index (χ2v) is 2.08. The summed E-state index contributed by atoms with van der Waals surface area (Å²) >= 11 is 4.37. The summed E-state index contributed by atoms with van der Waals surface area (Å²) in [6.45, 7) is 3.98. The summed E-state index contributed by atoms with van der Waals surface area (Å²) in [7, 11) is 0. The van der Waals surface area contributed by atoms with Crippen molar-refractivity contribution in [1.29, 1.82) is 0 Å². The molecule has 0 saturated carbocycles. The van der Waals surface area contributed by atoms with Crippen molar-refractivity contribution in [3.8, 4) is 0 Å². The van der Waals surface area contributed by atoms with Gasteiger partial charge in [-0.05, 0) is 25.6 Å². The Morgan fingerprint density at radius 3 is 2.73 bits per heavy atom. The molecule has 0 aliphatic carbocycles. The van der Waals surface area contributed by atoms with E-state index in [-0.39, 0.29) is 5.97 Å². The minimum absolute atomic E-state index is 0.327. The van der Waals surface area contributed by atoms with E-state index in [2.05, 4.69) is 22.4 Å². The highest BCUT2D eigenvalue weighted by Crippen LogP contribution is 1.98. The summed E-state index contributed by atoms with van der Waals surface area (Å²) in [6, 6.07) is -0.465. The largest absolute Gasteiger partial charge is 0.464 e. The van der Waals surface area contributed by atoms with Gasteiger partial charge in [0, 0.05) is 0 Å². The van der Waals surface area contributed by atoms with Crippen LogP contribution in [-0.4, -0.2) is 23.8 Å². The van der Waals surface area contributed by atoms with Crippen LogP contribution < -0.4 is 0 Å². The number of ether oxygens (including phenoxy) is 1. The van der Waals surface area contributed by atoms with Crippen molar-refractivity contribution in [2.75, 3.05) is 6.61 Å².